The monoisotopic (exact) mass is 464 g/mol. The standard InChI is InChI=1S/C17H16N6O8S/c24-16(11-20-32(30,31)15-6-4-13(5-7-15)22(26)27)18-10-17(25)21-19-9-12-2-1-3-14(8-12)23(28)29/h1-9,20H,10-11H2,(H,18,24)(H,21,25). The lowest BCUT2D eigenvalue weighted by molar-refractivity contribution is -0.385. The lowest BCUT2D eigenvalue weighted by atomic mass is 10.2. The number of nitrogens with one attached hydrogen (secondary N) is 3. The summed E-state index contributed by atoms with van der Waals surface area (Å²) >= 11 is 0. The lowest BCUT2D eigenvalue weighted by Crippen LogP contribution is -2.41. The third kappa shape index (κ3) is 7.22. The smallest absolute Gasteiger partial charge is 0.270 e. The molecule has 15 heteroatoms. The maximum absolute atomic E-state index is 12.1. The molecule has 0 bridgehead atoms. The Balaban J connectivity index is 1.78. The fourth-order valence-corrected chi connectivity index (χ4v) is 3.15. The van der Waals surface area contributed by atoms with Crippen LogP contribution in [0.2, 0.25) is 0 Å². The quantitative estimate of drug-likeness (QED) is 0.248. The Morgan fingerprint density at radius 3 is 2.22 bits per heavy atom. The van der Waals surface area contributed by atoms with Gasteiger partial charge in [-0.2, -0.15) is 5.10 Å². The first-order valence-electron chi connectivity index (χ1n) is 8.65. The minimum Gasteiger partial charge on any atom is -0.346 e. The Morgan fingerprint density at radius 1 is 0.938 bits per heavy atom. The third-order valence-electron chi connectivity index (χ3n) is 3.71. The van der Waals surface area contributed by atoms with Gasteiger partial charge in [0.15, 0.2) is 0 Å². The van der Waals surface area contributed by atoms with Crippen LogP contribution >= 0.6 is 0 Å². The molecule has 0 aromatic heterocycles. The van der Waals surface area contributed by atoms with E-state index in [1.165, 1.54) is 30.5 Å². The molecule has 14 nitrogen and oxygen atoms in total. The van der Waals surface area contributed by atoms with Crippen molar-refractivity contribution >= 4 is 39.4 Å². The molecule has 0 unspecified atom stereocenters. The van der Waals surface area contributed by atoms with Crippen molar-refractivity contribution in [2.75, 3.05) is 13.1 Å². The number of hydrogen-bond donors (Lipinski definition) is 3. The van der Waals surface area contributed by atoms with E-state index < -0.39 is 44.8 Å². The number of nitrogens with zero attached hydrogens (tertiary/aromatic N) is 3. The summed E-state index contributed by atoms with van der Waals surface area (Å²) in [4.78, 5) is 43.2. The molecule has 0 aliphatic heterocycles. The highest BCUT2D eigenvalue weighted by Gasteiger charge is 2.17. The van der Waals surface area contributed by atoms with Crippen LogP contribution in [0.15, 0.2) is 58.5 Å². The molecule has 2 aromatic carbocycles. The second-order valence-electron chi connectivity index (χ2n) is 6.00. The van der Waals surface area contributed by atoms with E-state index in [1.54, 1.807) is 0 Å². The molecular weight excluding hydrogens is 448 g/mol. The molecule has 0 aliphatic carbocycles. The Hall–Kier alpha value is -4.24. The van der Waals surface area contributed by atoms with Gasteiger partial charge in [-0.1, -0.05) is 12.1 Å². The molecule has 3 N–H and O–H groups in total. The van der Waals surface area contributed by atoms with Gasteiger partial charge in [0.1, 0.15) is 0 Å². The zero-order chi connectivity index (χ0) is 23.7. The zero-order valence-corrected chi connectivity index (χ0v) is 16.9. The molecule has 0 spiro atoms. The summed E-state index contributed by atoms with van der Waals surface area (Å²) < 4.78 is 26.2. The minimum absolute atomic E-state index is 0.149. The van der Waals surface area contributed by atoms with Gasteiger partial charge in [0.2, 0.25) is 15.9 Å². The van der Waals surface area contributed by atoms with Gasteiger partial charge < -0.3 is 5.32 Å². The minimum atomic E-state index is -4.10. The van der Waals surface area contributed by atoms with Crippen molar-refractivity contribution in [3.05, 3.63) is 74.3 Å². The van der Waals surface area contributed by atoms with Crippen LogP contribution in [0, 0.1) is 20.2 Å². The highest BCUT2D eigenvalue weighted by Crippen LogP contribution is 2.15. The van der Waals surface area contributed by atoms with E-state index in [1.807, 2.05) is 4.72 Å². The van der Waals surface area contributed by atoms with Gasteiger partial charge in [-0.05, 0) is 12.1 Å². The lowest BCUT2D eigenvalue weighted by Gasteiger charge is -2.07. The SMILES string of the molecule is O=C(CNS(=O)(=O)c1ccc([N+](=O)[O-])cc1)NCC(=O)NN=Cc1cccc([N+](=O)[O-])c1. The summed E-state index contributed by atoms with van der Waals surface area (Å²) in [5.74, 6) is -1.54. The van der Waals surface area contributed by atoms with E-state index in [0.29, 0.717) is 5.56 Å². The highest BCUT2D eigenvalue weighted by atomic mass is 32.2. The summed E-state index contributed by atoms with van der Waals surface area (Å²) in [5, 5.41) is 27.1. The number of carbonyl (C=O) groups excluding carboxylic acids is 2. The van der Waals surface area contributed by atoms with Crippen LogP contribution in [0.1, 0.15) is 5.56 Å². The first-order chi connectivity index (χ1) is 15.1. The fraction of sp³-hybridized carbons (Fsp3) is 0.118. The van der Waals surface area contributed by atoms with Crippen LogP contribution in [-0.2, 0) is 19.6 Å². The Bertz CT molecular complexity index is 1160. The maximum atomic E-state index is 12.1. The van der Waals surface area contributed by atoms with Gasteiger partial charge in [0.05, 0.1) is 34.0 Å². The summed E-state index contributed by atoms with van der Waals surface area (Å²) in [6.45, 7) is -1.19. The summed E-state index contributed by atoms with van der Waals surface area (Å²) in [5.41, 5.74) is 2.02. The van der Waals surface area contributed by atoms with Crippen LogP contribution in [0.5, 0.6) is 0 Å². The highest BCUT2D eigenvalue weighted by molar-refractivity contribution is 7.89. The van der Waals surface area contributed by atoms with E-state index in [-0.39, 0.29) is 16.3 Å². The van der Waals surface area contributed by atoms with E-state index in [4.69, 9.17) is 0 Å². The molecule has 168 valence electrons. The third-order valence-corrected chi connectivity index (χ3v) is 5.13. The first-order valence-corrected chi connectivity index (χ1v) is 10.1. The van der Waals surface area contributed by atoms with Crippen LogP contribution < -0.4 is 15.5 Å². The van der Waals surface area contributed by atoms with Crippen LogP contribution in [0.25, 0.3) is 0 Å². The van der Waals surface area contributed by atoms with Crippen molar-refractivity contribution in [1.29, 1.82) is 0 Å². The average Bonchev–Trinajstić information content (AvgIpc) is 2.76. The zero-order valence-electron chi connectivity index (χ0n) is 16.1. The van der Waals surface area contributed by atoms with Crippen molar-refractivity contribution < 1.29 is 27.9 Å². The molecule has 32 heavy (non-hydrogen) atoms. The number of nitro benzene ring substituents is 2. The average molecular weight is 464 g/mol. The Labute approximate surface area is 180 Å². The molecule has 0 heterocycles. The number of nitro groups is 2. The number of non-ortho nitro benzene ring substituents is 2. The first kappa shape index (κ1) is 24.0. The van der Waals surface area contributed by atoms with Crippen molar-refractivity contribution in [3.63, 3.8) is 0 Å². The normalized spacial score (nSPS) is 11.1. The summed E-state index contributed by atoms with van der Waals surface area (Å²) in [6, 6.07) is 9.56. The number of hydrazone groups is 1. The van der Waals surface area contributed by atoms with Crippen LogP contribution in [0.4, 0.5) is 11.4 Å². The van der Waals surface area contributed by atoms with Gasteiger partial charge in [0.25, 0.3) is 17.3 Å². The Kier molecular flexibility index (Phi) is 8.03. The van der Waals surface area contributed by atoms with E-state index in [0.717, 1.165) is 24.3 Å². The fourth-order valence-electron chi connectivity index (χ4n) is 2.17. The largest absolute Gasteiger partial charge is 0.346 e. The molecule has 0 fully saturated rings. The van der Waals surface area contributed by atoms with Crippen LogP contribution in [0.3, 0.4) is 0 Å². The molecule has 2 rings (SSSR count). The number of sulfonamides is 1. The second kappa shape index (κ2) is 10.7. The molecule has 2 aromatic rings. The molecule has 2 amide bonds. The van der Waals surface area contributed by atoms with E-state index >= 15 is 0 Å². The second-order valence-corrected chi connectivity index (χ2v) is 7.76. The molecule has 0 saturated carbocycles. The molecule has 0 saturated heterocycles. The van der Waals surface area contributed by atoms with Gasteiger partial charge in [-0.25, -0.2) is 18.6 Å². The van der Waals surface area contributed by atoms with Gasteiger partial charge in [0, 0.05) is 29.8 Å². The maximum Gasteiger partial charge on any atom is 0.270 e. The predicted molar refractivity (Wildman–Crippen MR) is 110 cm³/mol. The van der Waals surface area contributed by atoms with Crippen molar-refractivity contribution in [2.24, 2.45) is 5.10 Å². The topological polar surface area (TPSA) is 203 Å². The molecule has 0 atom stereocenters. The van der Waals surface area contributed by atoms with Crippen molar-refractivity contribution in [2.45, 2.75) is 4.90 Å². The molecule has 0 aliphatic rings. The summed E-state index contributed by atoms with van der Waals surface area (Å²) in [6.07, 6.45) is 1.17. The van der Waals surface area contributed by atoms with Crippen LogP contribution in [-0.4, -0.2) is 49.4 Å². The number of carbonyl (C=O) groups is 2. The predicted octanol–water partition coefficient (Wildman–Crippen LogP) is 0.0478. The number of amides is 2. The number of hydrogen-bond acceptors (Lipinski definition) is 9. The number of benzene rings is 2. The van der Waals surface area contributed by atoms with Crippen molar-refractivity contribution in [1.82, 2.24) is 15.5 Å². The van der Waals surface area contributed by atoms with Gasteiger partial charge in [-0.3, -0.25) is 29.8 Å². The molecular formula is C17H16N6O8S. The van der Waals surface area contributed by atoms with Crippen molar-refractivity contribution in [3.8, 4) is 0 Å². The molecule has 0 radical (unpaired) electrons. The van der Waals surface area contributed by atoms with Gasteiger partial charge in [-0.15, -0.1) is 0 Å². The van der Waals surface area contributed by atoms with E-state index in [2.05, 4.69) is 15.8 Å². The van der Waals surface area contributed by atoms with E-state index in [9.17, 15) is 38.2 Å². The summed E-state index contributed by atoms with van der Waals surface area (Å²) in [7, 11) is -4.10. The number of rotatable bonds is 10. The van der Waals surface area contributed by atoms with Gasteiger partial charge >= 0.3 is 0 Å². The Morgan fingerprint density at radius 2 is 1.59 bits per heavy atom.